The molecule has 1 aliphatic rings. The molecule has 1 N–H and O–H groups in total. The Kier molecular flexibility index (Phi) is 11.1. The lowest BCUT2D eigenvalue weighted by atomic mass is 9.97. The Morgan fingerprint density at radius 3 is 1.72 bits per heavy atom. The van der Waals surface area contributed by atoms with Crippen molar-refractivity contribution in [3.05, 3.63) is 108 Å². The average molecular weight is 535 g/mol. The molecule has 6 nitrogen and oxygen atoms in total. The first-order chi connectivity index (χ1) is 18.9. The lowest BCUT2D eigenvalue weighted by Gasteiger charge is -2.46. The van der Waals surface area contributed by atoms with Gasteiger partial charge in [-0.15, -0.1) is 0 Å². The van der Waals surface area contributed by atoms with Crippen molar-refractivity contribution in [1.29, 1.82) is 0 Å². The highest BCUT2D eigenvalue weighted by Gasteiger charge is 2.49. The molecule has 1 fully saturated rings. The molecule has 3 aromatic rings. The van der Waals surface area contributed by atoms with E-state index in [0.29, 0.717) is 19.8 Å². The van der Waals surface area contributed by atoms with Crippen LogP contribution in [0, 0.1) is 0 Å². The third kappa shape index (κ3) is 8.97. The molecule has 39 heavy (non-hydrogen) atoms. The van der Waals surface area contributed by atoms with Crippen LogP contribution in [0.4, 0.5) is 0 Å². The Labute approximate surface area is 232 Å². The van der Waals surface area contributed by atoms with Crippen LogP contribution in [0.25, 0.3) is 0 Å². The van der Waals surface area contributed by atoms with Gasteiger partial charge in [-0.3, -0.25) is 0 Å². The molecule has 0 unspecified atom stereocenters. The third-order valence-corrected chi connectivity index (χ3v) is 6.87. The van der Waals surface area contributed by atoms with Gasteiger partial charge in [0.1, 0.15) is 24.4 Å². The van der Waals surface area contributed by atoms with Crippen LogP contribution in [0.15, 0.2) is 91.0 Å². The lowest BCUT2D eigenvalue weighted by Crippen LogP contribution is -2.62. The van der Waals surface area contributed by atoms with Crippen molar-refractivity contribution in [2.24, 2.45) is 0 Å². The topological polar surface area (TPSA) is 66.4 Å². The summed E-state index contributed by atoms with van der Waals surface area (Å²) in [6.45, 7) is 7.53. The fourth-order valence-corrected chi connectivity index (χ4v) is 4.87. The largest absolute Gasteiger partial charge is 0.387 e. The van der Waals surface area contributed by atoms with Crippen LogP contribution < -0.4 is 0 Å². The zero-order chi connectivity index (χ0) is 27.5. The summed E-state index contributed by atoms with van der Waals surface area (Å²) in [4.78, 5) is 0. The van der Waals surface area contributed by atoms with E-state index in [1.165, 1.54) is 0 Å². The Bertz CT molecular complexity index is 1080. The van der Waals surface area contributed by atoms with Gasteiger partial charge in [0.2, 0.25) is 0 Å². The standard InChI is InChI=1S/C33H42O6/c1-4-20-33(2,3)39-32-31(37-23-27-18-12-7-13-19-27)30(36-22-26-16-10-6-11-17-26)29(34)28(38-32)24-35-21-25-14-8-5-9-15-25/h5-19,28-32,34H,4,20-24H2,1-3H3/t28-,29+,30+,31-,32+/m1/s1. The first-order valence-corrected chi connectivity index (χ1v) is 13.9. The van der Waals surface area contributed by atoms with E-state index in [4.69, 9.17) is 23.7 Å². The first-order valence-electron chi connectivity index (χ1n) is 13.9. The second-order valence-electron chi connectivity index (χ2n) is 10.7. The minimum Gasteiger partial charge on any atom is -0.387 e. The van der Waals surface area contributed by atoms with Crippen LogP contribution in [-0.2, 0) is 43.5 Å². The molecular formula is C33H42O6. The van der Waals surface area contributed by atoms with E-state index in [-0.39, 0.29) is 6.61 Å². The summed E-state index contributed by atoms with van der Waals surface area (Å²) in [6.07, 6.45) is -1.88. The summed E-state index contributed by atoms with van der Waals surface area (Å²) in [5, 5.41) is 11.5. The molecule has 0 radical (unpaired) electrons. The summed E-state index contributed by atoms with van der Waals surface area (Å²) in [5.41, 5.74) is 2.64. The molecule has 3 aromatic carbocycles. The fraction of sp³-hybridized carbons (Fsp3) is 0.455. The highest BCUT2D eigenvalue weighted by atomic mass is 16.7. The van der Waals surface area contributed by atoms with Gasteiger partial charge >= 0.3 is 0 Å². The number of aliphatic hydroxyl groups excluding tert-OH is 1. The second-order valence-corrected chi connectivity index (χ2v) is 10.7. The molecule has 0 amide bonds. The Hall–Kier alpha value is -2.58. The van der Waals surface area contributed by atoms with E-state index in [2.05, 4.69) is 20.8 Å². The smallest absolute Gasteiger partial charge is 0.187 e. The molecule has 4 rings (SSSR count). The number of rotatable bonds is 14. The second kappa shape index (κ2) is 14.7. The number of hydrogen-bond acceptors (Lipinski definition) is 6. The third-order valence-electron chi connectivity index (χ3n) is 6.87. The predicted octanol–water partition coefficient (Wildman–Crippen LogP) is 6.06. The fourth-order valence-electron chi connectivity index (χ4n) is 4.87. The normalized spacial score (nSPS) is 23.5. The van der Waals surface area contributed by atoms with Gasteiger partial charge in [0.15, 0.2) is 6.29 Å². The van der Waals surface area contributed by atoms with E-state index in [1.54, 1.807) is 0 Å². The molecule has 1 aliphatic heterocycles. The Balaban J connectivity index is 1.54. The lowest BCUT2D eigenvalue weighted by molar-refractivity contribution is -0.340. The maximum Gasteiger partial charge on any atom is 0.187 e. The summed E-state index contributed by atoms with van der Waals surface area (Å²) in [7, 11) is 0. The molecule has 1 saturated heterocycles. The zero-order valence-electron chi connectivity index (χ0n) is 23.3. The Morgan fingerprint density at radius 1 is 0.718 bits per heavy atom. The maximum atomic E-state index is 11.5. The van der Waals surface area contributed by atoms with E-state index >= 15 is 0 Å². The van der Waals surface area contributed by atoms with Crippen molar-refractivity contribution >= 4 is 0 Å². The van der Waals surface area contributed by atoms with E-state index in [0.717, 1.165) is 29.5 Å². The molecule has 210 valence electrons. The van der Waals surface area contributed by atoms with Crippen LogP contribution in [0.5, 0.6) is 0 Å². The molecule has 0 saturated carbocycles. The van der Waals surface area contributed by atoms with Crippen LogP contribution >= 0.6 is 0 Å². The molecule has 0 bridgehead atoms. The minimum atomic E-state index is -0.973. The quantitative estimate of drug-likeness (QED) is 0.271. The maximum absolute atomic E-state index is 11.5. The molecule has 0 aromatic heterocycles. The summed E-state index contributed by atoms with van der Waals surface area (Å²) in [6, 6.07) is 29.8. The van der Waals surface area contributed by atoms with Gasteiger partial charge in [-0.1, -0.05) is 104 Å². The average Bonchev–Trinajstić information content (AvgIpc) is 2.94. The molecule has 1 heterocycles. The van der Waals surface area contributed by atoms with Gasteiger partial charge < -0.3 is 28.8 Å². The van der Waals surface area contributed by atoms with Crippen LogP contribution in [0.1, 0.15) is 50.3 Å². The van der Waals surface area contributed by atoms with Gasteiger partial charge in [-0.05, 0) is 37.0 Å². The number of hydrogen-bond donors (Lipinski definition) is 1. The number of benzene rings is 3. The van der Waals surface area contributed by atoms with Crippen LogP contribution in [-0.4, -0.2) is 48.0 Å². The highest BCUT2D eigenvalue weighted by Crippen LogP contribution is 2.32. The monoisotopic (exact) mass is 534 g/mol. The molecule has 0 aliphatic carbocycles. The van der Waals surface area contributed by atoms with E-state index in [1.807, 2.05) is 91.0 Å². The van der Waals surface area contributed by atoms with Gasteiger partial charge in [-0.2, -0.15) is 0 Å². The Morgan fingerprint density at radius 2 is 1.21 bits per heavy atom. The summed E-state index contributed by atoms with van der Waals surface area (Å²) < 4.78 is 31.8. The minimum absolute atomic E-state index is 0.195. The van der Waals surface area contributed by atoms with E-state index in [9.17, 15) is 5.11 Å². The summed E-state index contributed by atoms with van der Waals surface area (Å²) in [5.74, 6) is 0. The van der Waals surface area contributed by atoms with Crippen molar-refractivity contribution in [2.75, 3.05) is 6.61 Å². The van der Waals surface area contributed by atoms with Gasteiger partial charge in [0.05, 0.1) is 32.0 Å². The van der Waals surface area contributed by atoms with Crippen LogP contribution in [0.2, 0.25) is 0 Å². The molecule has 6 heteroatoms. The molecule has 5 atom stereocenters. The number of ether oxygens (including phenoxy) is 5. The van der Waals surface area contributed by atoms with E-state index < -0.39 is 36.3 Å². The predicted molar refractivity (Wildman–Crippen MR) is 151 cm³/mol. The van der Waals surface area contributed by atoms with Gasteiger partial charge in [0, 0.05) is 0 Å². The zero-order valence-corrected chi connectivity index (χ0v) is 23.3. The van der Waals surface area contributed by atoms with Crippen molar-refractivity contribution in [3.8, 4) is 0 Å². The van der Waals surface area contributed by atoms with Gasteiger partial charge in [0.25, 0.3) is 0 Å². The van der Waals surface area contributed by atoms with Gasteiger partial charge in [-0.25, -0.2) is 0 Å². The van der Waals surface area contributed by atoms with Crippen molar-refractivity contribution < 1.29 is 28.8 Å². The first kappa shape index (κ1) is 29.4. The SMILES string of the molecule is CCCC(C)(C)O[C@@H]1O[C@H](COCc2ccccc2)[C@H](O)[C@H](OCc2ccccc2)[C@H]1OCc1ccccc1. The van der Waals surface area contributed by atoms with Crippen molar-refractivity contribution in [1.82, 2.24) is 0 Å². The van der Waals surface area contributed by atoms with Crippen molar-refractivity contribution in [3.63, 3.8) is 0 Å². The molecular weight excluding hydrogens is 492 g/mol. The highest BCUT2D eigenvalue weighted by molar-refractivity contribution is 5.15. The van der Waals surface area contributed by atoms with Crippen molar-refractivity contribution in [2.45, 2.75) is 89.7 Å². The van der Waals surface area contributed by atoms with Crippen LogP contribution in [0.3, 0.4) is 0 Å². The number of aliphatic hydroxyl groups is 1. The summed E-state index contributed by atoms with van der Waals surface area (Å²) >= 11 is 0. The molecule has 0 spiro atoms.